The SMILES string of the molecule is Cn1nccc1-c1cccc(-c2noc(-c3ccc(F)cc3)n2)c1. The quantitative estimate of drug-likeness (QED) is 0.573. The molecule has 4 rings (SSSR count). The predicted octanol–water partition coefficient (Wildman–Crippen LogP) is 3.94. The molecule has 2 aromatic carbocycles. The van der Waals surface area contributed by atoms with Crippen LogP contribution in [-0.4, -0.2) is 19.9 Å². The minimum Gasteiger partial charge on any atom is -0.334 e. The molecule has 5 nitrogen and oxygen atoms in total. The van der Waals surface area contributed by atoms with Gasteiger partial charge < -0.3 is 4.52 Å². The summed E-state index contributed by atoms with van der Waals surface area (Å²) >= 11 is 0. The van der Waals surface area contributed by atoms with Gasteiger partial charge in [0.2, 0.25) is 5.82 Å². The third kappa shape index (κ3) is 2.58. The van der Waals surface area contributed by atoms with Crippen molar-refractivity contribution in [3.63, 3.8) is 0 Å². The molecular weight excluding hydrogens is 307 g/mol. The summed E-state index contributed by atoms with van der Waals surface area (Å²) in [6.07, 6.45) is 1.75. The van der Waals surface area contributed by atoms with Crippen molar-refractivity contribution in [2.24, 2.45) is 7.05 Å². The summed E-state index contributed by atoms with van der Waals surface area (Å²) in [6, 6.07) is 15.7. The molecule has 0 aliphatic carbocycles. The minimum absolute atomic E-state index is 0.303. The molecule has 0 aliphatic heterocycles. The number of benzene rings is 2. The molecule has 0 fully saturated rings. The van der Waals surface area contributed by atoms with E-state index in [9.17, 15) is 4.39 Å². The van der Waals surface area contributed by atoms with Crippen molar-refractivity contribution in [2.75, 3.05) is 0 Å². The average Bonchev–Trinajstić information content (AvgIpc) is 3.25. The fourth-order valence-electron chi connectivity index (χ4n) is 2.53. The first-order valence-corrected chi connectivity index (χ1v) is 7.39. The molecule has 0 radical (unpaired) electrons. The normalized spacial score (nSPS) is 10.9. The Labute approximate surface area is 137 Å². The Balaban J connectivity index is 1.70. The summed E-state index contributed by atoms with van der Waals surface area (Å²) in [7, 11) is 1.89. The molecule has 0 unspecified atom stereocenters. The first kappa shape index (κ1) is 14.3. The molecule has 0 saturated carbocycles. The Morgan fingerprint density at radius 3 is 2.50 bits per heavy atom. The van der Waals surface area contributed by atoms with Crippen molar-refractivity contribution in [1.29, 1.82) is 0 Å². The Bertz CT molecular complexity index is 988. The Kier molecular flexibility index (Phi) is 3.42. The molecule has 2 aromatic heterocycles. The summed E-state index contributed by atoms with van der Waals surface area (Å²) in [4.78, 5) is 4.40. The molecule has 118 valence electrons. The van der Waals surface area contributed by atoms with Crippen LogP contribution in [0.15, 0.2) is 65.3 Å². The number of hydrogen-bond donors (Lipinski definition) is 0. The van der Waals surface area contributed by atoms with E-state index in [1.165, 1.54) is 12.1 Å². The van der Waals surface area contributed by atoms with Gasteiger partial charge in [-0.2, -0.15) is 10.1 Å². The maximum absolute atomic E-state index is 13.0. The summed E-state index contributed by atoms with van der Waals surface area (Å²) < 4.78 is 20.1. The van der Waals surface area contributed by atoms with Crippen LogP contribution in [0.5, 0.6) is 0 Å². The van der Waals surface area contributed by atoms with Crippen LogP contribution < -0.4 is 0 Å². The molecule has 6 heteroatoms. The van der Waals surface area contributed by atoms with Gasteiger partial charge in [0.05, 0.1) is 5.69 Å². The molecule has 0 aliphatic rings. The van der Waals surface area contributed by atoms with E-state index in [-0.39, 0.29) is 5.82 Å². The fourth-order valence-corrected chi connectivity index (χ4v) is 2.53. The van der Waals surface area contributed by atoms with Gasteiger partial charge in [-0.1, -0.05) is 23.4 Å². The number of halogens is 1. The van der Waals surface area contributed by atoms with Crippen molar-refractivity contribution in [3.8, 4) is 34.1 Å². The first-order chi connectivity index (χ1) is 11.7. The fraction of sp³-hybridized carbons (Fsp3) is 0.0556. The van der Waals surface area contributed by atoms with Crippen LogP contribution in [0.4, 0.5) is 4.39 Å². The van der Waals surface area contributed by atoms with Gasteiger partial charge >= 0.3 is 0 Å². The number of hydrogen-bond acceptors (Lipinski definition) is 4. The zero-order valence-electron chi connectivity index (χ0n) is 12.8. The van der Waals surface area contributed by atoms with E-state index in [2.05, 4.69) is 15.2 Å². The highest BCUT2D eigenvalue weighted by atomic mass is 19.1. The van der Waals surface area contributed by atoms with Crippen LogP contribution in [0.3, 0.4) is 0 Å². The van der Waals surface area contributed by atoms with Crippen LogP contribution in [0.2, 0.25) is 0 Å². The molecule has 0 N–H and O–H groups in total. The zero-order valence-corrected chi connectivity index (χ0v) is 12.8. The van der Waals surface area contributed by atoms with Gasteiger partial charge in [-0.05, 0) is 36.4 Å². The second-order valence-electron chi connectivity index (χ2n) is 5.35. The van der Waals surface area contributed by atoms with Gasteiger partial charge in [0.1, 0.15) is 5.82 Å². The molecule has 0 spiro atoms. The van der Waals surface area contributed by atoms with Gasteiger partial charge in [0, 0.05) is 29.9 Å². The van der Waals surface area contributed by atoms with E-state index in [0.717, 1.165) is 16.8 Å². The Hall–Kier alpha value is -3.28. The van der Waals surface area contributed by atoms with E-state index in [1.807, 2.05) is 37.4 Å². The van der Waals surface area contributed by atoms with Gasteiger partial charge in [0.25, 0.3) is 5.89 Å². The summed E-state index contributed by atoms with van der Waals surface area (Å²) in [6.45, 7) is 0. The monoisotopic (exact) mass is 320 g/mol. The molecule has 2 heterocycles. The first-order valence-electron chi connectivity index (χ1n) is 7.39. The number of nitrogens with zero attached hydrogens (tertiary/aromatic N) is 4. The van der Waals surface area contributed by atoms with E-state index >= 15 is 0 Å². The summed E-state index contributed by atoms with van der Waals surface area (Å²) in [5.41, 5.74) is 3.53. The van der Waals surface area contributed by atoms with Crippen molar-refractivity contribution < 1.29 is 8.91 Å². The number of aromatic nitrogens is 4. The average molecular weight is 320 g/mol. The maximum Gasteiger partial charge on any atom is 0.258 e. The van der Waals surface area contributed by atoms with Gasteiger partial charge in [-0.25, -0.2) is 4.39 Å². The Morgan fingerprint density at radius 1 is 0.958 bits per heavy atom. The second-order valence-corrected chi connectivity index (χ2v) is 5.35. The standard InChI is InChI=1S/C18H13FN4O/c1-23-16(9-10-20-23)13-3-2-4-14(11-13)17-21-18(24-22-17)12-5-7-15(19)8-6-12/h2-11H,1H3. The summed E-state index contributed by atoms with van der Waals surface area (Å²) in [5.74, 6) is 0.539. The predicted molar refractivity (Wildman–Crippen MR) is 87.3 cm³/mol. The third-order valence-corrected chi connectivity index (χ3v) is 3.75. The van der Waals surface area contributed by atoms with Gasteiger partial charge in [0.15, 0.2) is 0 Å². The molecular formula is C18H13FN4O. The van der Waals surface area contributed by atoms with Crippen LogP contribution >= 0.6 is 0 Å². The second kappa shape index (κ2) is 5.73. The number of rotatable bonds is 3. The molecule has 24 heavy (non-hydrogen) atoms. The molecule has 0 bridgehead atoms. The minimum atomic E-state index is -0.303. The highest BCUT2D eigenvalue weighted by Gasteiger charge is 2.12. The van der Waals surface area contributed by atoms with E-state index < -0.39 is 0 Å². The number of aryl methyl sites for hydroxylation is 1. The molecule has 0 atom stereocenters. The lowest BCUT2D eigenvalue weighted by Gasteiger charge is -2.03. The molecule has 4 aromatic rings. The largest absolute Gasteiger partial charge is 0.334 e. The maximum atomic E-state index is 13.0. The van der Waals surface area contributed by atoms with Crippen molar-refractivity contribution in [3.05, 3.63) is 66.6 Å². The van der Waals surface area contributed by atoms with Crippen LogP contribution in [0.25, 0.3) is 34.1 Å². The third-order valence-electron chi connectivity index (χ3n) is 3.75. The van der Waals surface area contributed by atoms with Crippen molar-refractivity contribution >= 4 is 0 Å². The van der Waals surface area contributed by atoms with E-state index in [0.29, 0.717) is 17.3 Å². The van der Waals surface area contributed by atoms with Gasteiger partial charge in [-0.3, -0.25) is 4.68 Å². The lowest BCUT2D eigenvalue weighted by Crippen LogP contribution is -1.93. The lowest BCUT2D eigenvalue weighted by molar-refractivity contribution is 0.432. The Morgan fingerprint density at radius 2 is 1.75 bits per heavy atom. The van der Waals surface area contributed by atoms with Crippen LogP contribution in [0.1, 0.15) is 0 Å². The lowest BCUT2D eigenvalue weighted by atomic mass is 10.1. The smallest absolute Gasteiger partial charge is 0.258 e. The van der Waals surface area contributed by atoms with E-state index in [1.54, 1.807) is 23.0 Å². The topological polar surface area (TPSA) is 56.7 Å². The van der Waals surface area contributed by atoms with Crippen molar-refractivity contribution in [2.45, 2.75) is 0 Å². The molecule has 0 saturated heterocycles. The highest BCUT2D eigenvalue weighted by molar-refractivity contribution is 5.68. The van der Waals surface area contributed by atoms with Crippen LogP contribution in [0, 0.1) is 5.82 Å². The highest BCUT2D eigenvalue weighted by Crippen LogP contribution is 2.26. The van der Waals surface area contributed by atoms with Crippen molar-refractivity contribution in [1.82, 2.24) is 19.9 Å². The zero-order chi connectivity index (χ0) is 16.5. The van der Waals surface area contributed by atoms with Gasteiger partial charge in [-0.15, -0.1) is 0 Å². The summed E-state index contributed by atoms with van der Waals surface area (Å²) in [5, 5.41) is 8.21. The van der Waals surface area contributed by atoms with E-state index in [4.69, 9.17) is 4.52 Å². The van der Waals surface area contributed by atoms with Crippen LogP contribution in [-0.2, 0) is 7.05 Å². The molecule has 0 amide bonds.